The van der Waals surface area contributed by atoms with Gasteiger partial charge in [-0.15, -0.1) is 0 Å². The highest BCUT2D eigenvalue weighted by Gasteiger charge is 2.41. The van der Waals surface area contributed by atoms with E-state index in [1.165, 1.54) is 14.2 Å². The average molecular weight is 463 g/mol. The van der Waals surface area contributed by atoms with Gasteiger partial charge in [-0.2, -0.15) is 0 Å². The molecule has 4 rings (SSSR count). The minimum Gasteiger partial charge on any atom is -0.497 e. The molecule has 0 atom stereocenters. The summed E-state index contributed by atoms with van der Waals surface area (Å²) in [5.74, 6) is -0.0876. The van der Waals surface area contributed by atoms with Crippen molar-refractivity contribution in [3.63, 3.8) is 0 Å². The number of imide groups is 1. The third-order valence-electron chi connectivity index (χ3n) is 5.51. The zero-order chi connectivity index (χ0) is 23.7. The van der Waals surface area contributed by atoms with Crippen molar-refractivity contribution in [2.24, 2.45) is 0 Å². The molecule has 0 bridgehead atoms. The van der Waals surface area contributed by atoms with Gasteiger partial charge in [-0.25, -0.2) is 4.90 Å². The number of carbonyl (C=O) groups excluding carboxylic acids is 2. The van der Waals surface area contributed by atoms with Gasteiger partial charge in [0.25, 0.3) is 11.8 Å². The summed E-state index contributed by atoms with van der Waals surface area (Å²) in [5, 5.41) is 3.69. The lowest BCUT2D eigenvalue weighted by molar-refractivity contribution is -0.120. The number of amides is 2. The van der Waals surface area contributed by atoms with Crippen LogP contribution < -0.4 is 19.7 Å². The Morgan fingerprint density at radius 3 is 2.24 bits per heavy atom. The van der Waals surface area contributed by atoms with Crippen LogP contribution in [0.1, 0.15) is 16.7 Å². The molecule has 0 radical (unpaired) electrons. The molecule has 7 heteroatoms. The summed E-state index contributed by atoms with van der Waals surface area (Å²) in [4.78, 5) is 28.5. The quantitative estimate of drug-likeness (QED) is 0.499. The normalized spacial score (nSPS) is 13.5. The van der Waals surface area contributed by atoms with Crippen LogP contribution >= 0.6 is 11.6 Å². The molecule has 0 fully saturated rings. The van der Waals surface area contributed by atoms with E-state index in [4.69, 9.17) is 21.1 Å². The molecule has 0 aromatic heterocycles. The number of halogens is 1. The number of methoxy groups -OCH3 is 2. The molecular weight excluding hydrogens is 440 g/mol. The summed E-state index contributed by atoms with van der Waals surface area (Å²) in [5.41, 5.74) is 3.93. The number of anilines is 2. The fraction of sp³-hybridized carbons (Fsp3) is 0.154. The first-order chi connectivity index (χ1) is 15.8. The molecule has 0 aliphatic carbocycles. The molecule has 1 aliphatic rings. The van der Waals surface area contributed by atoms with Crippen molar-refractivity contribution in [2.45, 2.75) is 13.8 Å². The van der Waals surface area contributed by atoms with Crippen LogP contribution in [0.3, 0.4) is 0 Å². The highest BCUT2D eigenvalue weighted by molar-refractivity contribution is 6.46. The smallest absolute Gasteiger partial charge is 0.282 e. The second-order valence-corrected chi connectivity index (χ2v) is 8.12. The van der Waals surface area contributed by atoms with Crippen LogP contribution in [0.2, 0.25) is 5.02 Å². The lowest BCUT2D eigenvalue weighted by atomic mass is 10.0. The number of nitrogens with zero attached hydrogens (tertiary/aromatic N) is 1. The third kappa shape index (κ3) is 4.17. The van der Waals surface area contributed by atoms with Gasteiger partial charge in [0.05, 0.1) is 25.5 Å². The largest absolute Gasteiger partial charge is 0.497 e. The second kappa shape index (κ2) is 9.00. The van der Waals surface area contributed by atoms with Crippen LogP contribution in [0, 0.1) is 13.8 Å². The van der Waals surface area contributed by atoms with Gasteiger partial charge in [-0.05, 0) is 49.2 Å². The maximum absolute atomic E-state index is 13.7. The van der Waals surface area contributed by atoms with Crippen molar-refractivity contribution < 1.29 is 19.1 Å². The second-order valence-electron chi connectivity index (χ2n) is 7.68. The van der Waals surface area contributed by atoms with Gasteiger partial charge in [0.15, 0.2) is 0 Å². The summed E-state index contributed by atoms with van der Waals surface area (Å²) in [6, 6.07) is 17.8. The summed E-state index contributed by atoms with van der Waals surface area (Å²) in [7, 11) is 3.00. The first kappa shape index (κ1) is 22.4. The molecule has 0 saturated heterocycles. The number of ether oxygens (including phenoxy) is 2. The first-order valence-corrected chi connectivity index (χ1v) is 10.7. The minimum atomic E-state index is -0.499. The van der Waals surface area contributed by atoms with Gasteiger partial charge in [-0.3, -0.25) is 9.59 Å². The summed E-state index contributed by atoms with van der Waals surface area (Å²) in [6.07, 6.45) is 0. The molecule has 0 unspecified atom stereocenters. The van der Waals surface area contributed by atoms with Crippen LogP contribution in [0.4, 0.5) is 11.4 Å². The molecule has 1 N–H and O–H groups in total. The van der Waals surface area contributed by atoms with E-state index in [1.54, 1.807) is 30.3 Å². The number of rotatable bonds is 6. The first-order valence-electron chi connectivity index (χ1n) is 10.3. The monoisotopic (exact) mass is 462 g/mol. The Hall–Kier alpha value is -3.77. The van der Waals surface area contributed by atoms with E-state index >= 15 is 0 Å². The molecule has 6 nitrogen and oxygen atoms in total. The van der Waals surface area contributed by atoms with Crippen molar-refractivity contribution in [1.82, 2.24) is 0 Å². The zero-order valence-corrected chi connectivity index (χ0v) is 19.5. The zero-order valence-electron chi connectivity index (χ0n) is 18.7. The number of nitrogens with one attached hydrogen (secondary N) is 1. The molecule has 1 aliphatic heterocycles. The fourth-order valence-corrected chi connectivity index (χ4v) is 3.86. The van der Waals surface area contributed by atoms with E-state index < -0.39 is 11.8 Å². The summed E-state index contributed by atoms with van der Waals surface area (Å²) in [6.45, 7) is 3.86. The predicted octanol–water partition coefficient (Wildman–Crippen LogP) is 5.37. The van der Waals surface area contributed by atoms with Crippen LogP contribution in [-0.2, 0) is 9.59 Å². The number of aryl methyl sites for hydroxylation is 2. The standard InChI is InChI=1S/C26H23ClN2O4/c1-15-5-8-17(9-6-15)23-24(28-20-13-18(27)10-7-16(20)2)26(31)29(25(23)30)21-14-19(32-3)11-12-22(21)33-4/h5-14,28H,1-4H3. The van der Waals surface area contributed by atoms with Gasteiger partial charge in [0.1, 0.15) is 17.2 Å². The summed E-state index contributed by atoms with van der Waals surface area (Å²) < 4.78 is 10.8. The van der Waals surface area contributed by atoms with Gasteiger partial charge >= 0.3 is 0 Å². The third-order valence-corrected chi connectivity index (χ3v) is 5.75. The Balaban J connectivity index is 1.88. The highest BCUT2D eigenvalue weighted by Crippen LogP contribution is 2.40. The molecule has 3 aromatic rings. The molecule has 1 heterocycles. The Morgan fingerprint density at radius 1 is 0.848 bits per heavy atom. The lowest BCUT2D eigenvalue weighted by Gasteiger charge is -2.19. The average Bonchev–Trinajstić information content (AvgIpc) is 3.05. The van der Waals surface area contributed by atoms with Crippen molar-refractivity contribution in [1.29, 1.82) is 0 Å². The van der Waals surface area contributed by atoms with Gasteiger partial charge in [0, 0.05) is 16.8 Å². The van der Waals surface area contributed by atoms with Crippen molar-refractivity contribution >= 4 is 40.4 Å². The van der Waals surface area contributed by atoms with Gasteiger partial charge in [-0.1, -0.05) is 47.5 Å². The molecule has 168 valence electrons. The maximum atomic E-state index is 13.7. The van der Waals surface area contributed by atoms with Crippen LogP contribution in [0.15, 0.2) is 66.4 Å². The molecule has 0 spiro atoms. The predicted molar refractivity (Wildman–Crippen MR) is 130 cm³/mol. The van der Waals surface area contributed by atoms with Crippen molar-refractivity contribution in [2.75, 3.05) is 24.4 Å². The SMILES string of the molecule is COc1ccc(OC)c(N2C(=O)C(Nc3cc(Cl)ccc3C)=C(c3ccc(C)cc3)C2=O)c1. The summed E-state index contributed by atoms with van der Waals surface area (Å²) >= 11 is 6.19. The van der Waals surface area contributed by atoms with E-state index in [0.717, 1.165) is 16.0 Å². The molecule has 33 heavy (non-hydrogen) atoms. The number of hydrogen-bond donors (Lipinski definition) is 1. The van der Waals surface area contributed by atoms with Crippen LogP contribution in [0.5, 0.6) is 11.5 Å². The molecule has 2 amide bonds. The number of hydrogen-bond acceptors (Lipinski definition) is 5. The van der Waals surface area contributed by atoms with E-state index in [2.05, 4.69) is 5.32 Å². The van der Waals surface area contributed by atoms with E-state index in [9.17, 15) is 9.59 Å². The van der Waals surface area contributed by atoms with Gasteiger partial charge in [0.2, 0.25) is 0 Å². The maximum Gasteiger partial charge on any atom is 0.282 e. The molecule has 0 saturated carbocycles. The van der Waals surface area contributed by atoms with E-state index in [1.807, 2.05) is 44.2 Å². The van der Waals surface area contributed by atoms with Crippen LogP contribution in [-0.4, -0.2) is 26.0 Å². The molecular formula is C26H23ClN2O4. The topological polar surface area (TPSA) is 67.9 Å². The number of carbonyl (C=O) groups is 2. The lowest BCUT2D eigenvalue weighted by Crippen LogP contribution is -2.32. The van der Waals surface area contributed by atoms with Crippen LogP contribution in [0.25, 0.3) is 5.57 Å². The Labute approximate surface area is 197 Å². The Bertz CT molecular complexity index is 1280. The minimum absolute atomic E-state index is 0.166. The number of benzene rings is 3. The van der Waals surface area contributed by atoms with Crippen molar-refractivity contribution in [3.8, 4) is 11.5 Å². The van der Waals surface area contributed by atoms with Gasteiger partial charge < -0.3 is 14.8 Å². The Kier molecular flexibility index (Phi) is 6.11. The van der Waals surface area contributed by atoms with E-state index in [-0.39, 0.29) is 11.3 Å². The van der Waals surface area contributed by atoms with Crippen molar-refractivity contribution in [3.05, 3.63) is 88.1 Å². The fourth-order valence-electron chi connectivity index (χ4n) is 3.69. The van der Waals surface area contributed by atoms with E-state index in [0.29, 0.717) is 33.5 Å². The highest BCUT2D eigenvalue weighted by atomic mass is 35.5. The molecule has 3 aromatic carbocycles. The Morgan fingerprint density at radius 2 is 1.58 bits per heavy atom.